The molecular formula is C45H65N7O4S. The highest BCUT2D eigenvalue weighted by molar-refractivity contribution is 7.92. The second-order valence-corrected chi connectivity index (χ2v) is 17.5. The fourth-order valence-corrected chi connectivity index (χ4v) is 9.28. The van der Waals surface area contributed by atoms with E-state index in [4.69, 9.17) is 9.72 Å². The number of ether oxygens (including phenoxy) is 1. The Hall–Kier alpha value is -4.58. The van der Waals surface area contributed by atoms with Crippen LogP contribution in [0.5, 0.6) is 5.88 Å². The number of carbonyl (C=O) groups is 1. The topological polar surface area (TPSA) is 131 Å². The number of benzene rings is 2. The van der Waals surface area contributed by atoms with Gasteiger partial charge in [-0.25, -0.2) is 23.1 Å². The van der Waals surface area contributed by atoms with Crippen molar-refractivity contribution in [3.63, 3.8) is 0 Å². The number of rotatable bonds is 14. The van der Waals surface area contributed by atoms with E-state index in [1.807, 2.05) is 58.3 Å². The van der Waals surface area contributed by atoms with E-state index in [-0.39, 0.29) is 36.1 Å². The van der Waals surface area contributed by atoms with Crippen LogP contribution in [0.4, 0.5) is 11.8 Å². The molecule has 1 saturated carbocycles. The van der Waals surface area contributed by atoms with Gasteiger partial charge < -0.3 is 14.5 Å². The van der Waals surface area contributed by atoms with E-state index in [0.717, 1.165) is 79.6 Å². The van der Waals surface area contributed by atoms with Gasteiger partial charge in [-0.05, 0) is 100.0 Å². The molecule has 11 nitrogen and oxygen atoms in total. The van der Waals surface area contributed by atoms with Gasteiger partial charge in [0.2, 0.25) is 11.8 Å². The predicted molar refractivity (Wildman–Crippen MR) is 231 cm³/mol. The van der Waals surface area contributed by atoms with Crippen LogP contribution in [0.15, 0.2) is 65.8 Å². The van der Waals surface area contributed by atoms with Crippen LogP contribution in [-0.4, -0.2) is 71.4 Å². The molecule has 4 aromatic rings. The summed E-state index contributed by atoms with van der Waals surface area (Å²) in [4.78, 5) is 37.7. The monoisotopic (exact) mass is 799 g/mol. The zero-order valence-electron chi connectivity index (χ0n) is 35.5. The van der Waals surface area contributed by atoms with Crippen LogP contribution in [-0.2, 0) is 16.4 Å². The number of aromatic nitrogens is 4. The first kappa shape index (κ1) is 43.5. The number of sulfonamides is 1. The Morgan fingerprint density at radius 3 is 2.33 bits per heavy atom. The summed E-state index contributed by atoms with van der Waals surface area (Å²) >= 11 is 0. The molecule has 3 heterocycles. The van der Waals surface area contributed by atoms with E-state index in [1.54, 1.807) is 18.2 Å². The first-order chi connectivity index (χ1) is 27.4. The molecule has 1 N–H and O–H groups in total. The summed E-state index contributed by atoms with van der Waals surface area (Å²) in [6, 6.07) is 14.3. The van der Waals surface area contributed by atoms with Crippen LogP contribution in [0.3, 0.4) is 0 Å². The van der Waals surface area contributed by atoms with Crippen molar-refractivity contribution in [2.75, 3.05) is 23.8 Å². The standard InChI is InChI=1S/C43H57N7O4S.C2H6.H2/c1-8-38-31(22-21-28(2)3)15-10-19-35(24-33-26-44-27-39(45-33)49(6)34-17-12-18-34)50(38)42(51)32-16-11-20-36(23-32)55(52,53)48-43-46-37(25-40(47-43)54-7)41-29(4)13-9-14-30(41)5;1-2;/h9,11,13-14,16,20,23,25-28,31,34-35,38H,8,10,12,15,17-19,21-22,24H2,1-7H3,(H,46,47,48);1-2H3;1H. The maximum absolute atomic E-state index is 14.9. The maximum atomic E-state index is 14.9. The number of nitrogens with one attached hydrogen (secondary N) is 1. The van der Waals surface area contributed by atoms with E-state index in [0.29, 0.717) is 35.6 Å². The minimum Gasteiger partial charge on any atom is -0.481 e. The van der Waals surface area contributed by atoms with Gasteiger partial charge in [-0.3, -0.25) is 9.78 Å². The first-order valence-electron chi connectivity index (χ1n) is 20.9. The van der Waals surface area contributed by atoms with E-state index >= 15 is 0 Å². The molecule has 0 bridgehead atoms. The Morgan fingerprint density at radius 1 is 0.982 bits per heavy atom. The van der Waals surface area contributed by atoms with Crippen molar-refractivity contribution in [2.45, 2.75) is 136 Å². The largest absolute Gasteiger partial charge is 0.481 e. The average Bonchev–Trinajstić information content (AvgIpc) is 3.35. The van der Waals surface area contributed by atoms with Gasteiger partial charge in [0.05, 0.1) is 29.6 Å². The maximum Gasteiger partial charge on any atom is 0.264 e. The summed E-state index contributed by atoms with van der Waals surface area (Å²) in [6.07, 6.45) is 13.6. The van der Waals surface area contributed by atoms with Crippen LogP contribution in [0, 0.1) is 25.7 Å². The van der Waals surface area contributed by atoms with Crippen LogP contribution in [0.25, 0.3) is 11.3 Å². The van der Waals surface area contributed by atoms with Gasteiger partial charge in [-0.1, -0.05) is 71.7 Å². The normalized spacial score (nSPS) is 18.6. The van der Waals surface area contributed by atoms with Crippen molar-refractivity contribution in [3.05, 3.63) is 83.3 Å². The number of methoxy groups -OCH3 is 1. The molecular weight excluding hydrogens is 735 g/mol. The van der Waals surface area contributed by atoms with Crippen LogP contribution >= 0.6 is 0 Å². The molecule has 1 aliphatic carbocycles. The SMILES string of the molecule is CC.CCC1C(CCC(C)C)CCCC(Cc2cncc(N(C)C3CCC3)n2)N1C(=O)c1cccc(S(=O)(=O)Nc2nc(OC)cc(-c3c(C)cccc3C)n2)c1.[HH]. The van der Waals surface area contributed by atoms with Crippen molar-refractivity contribution in [1.82, 2.24) is 24.8 Å². The molecule has 0 spiro atoms. The lowest BCUT2D eigenvalue weighted by Crippen LogP contribution is -2.49. The molecule has 2 fully saturated rings. The summed E-state index contributed by atoms with van der Waals surface area (Å²) in [5.74, 6) is 1.70. The number of amides is 1. The van der Waals surface area contributed by atoms with E-state index < -0.39 is 10.0 Å². The van der Waals surface area contributed by atoms with Gasteiger partial charge >= 0.3 is 0 Å². The molecule has 3 unspecified atom stereocenters. The van der Waals surface area contributed by atoms with Gasteiger partial charge in [0.15, 0.2) is 0 Å². The lowest BCUT2D eigenvalue weighted by Gasteiger charge is -2.40. The second kappa shape index (κ2) is 19.7. The first-order valence-corrected chi connectivity index (χ1v) is 22.4. The molecule has 0 radical (unpaired) electrons. The molecule has 6 rings (SSSR count). The minimum absolute atomic E-state index is 0. The lowest BCUT2D eigenvalue weighted by molar-refractivity contribution is 0.0484. The Balaban J connectivity index is 0.00000244. The highest BCUT2D eigenvalue weighted by Crippen LogP contribution is 2.36. The fraction of sp³-hybridized carbons (Fsp3) is 0.533. The average molecular weight is 800 g/mol. The molecule has 1 saturated heterocycles. The van der Waals surface area contributed by atoms with E-state index in [9.17, 15) is 13.2 Å². The second-order valence-electron chi connectivity index (χ2n) is 15.8. The molecule has 3 atom stereocenters. The fourth-order valence-electron chi connectivity index (χ4n) is 8.29. The zero-order chi connectivity index (χ0) is 41.3. The van der Waals surface area contributed by atoms with Crippen molar-refractivity contribution in [3.8, 4) is 17.1 Å². The third-order valence-corrected chi connectivity index (χ3v) is 12.9. The molecule has 310 valence electrons. The lowest BCUT2D eigenvalue weighted by atomic mass is 9.86. The number of aryl methyl sites for hydroxylation is 2. The Labute approximate surface area is 342 Å². The summed E-state index contributed by atoms with van der Waals surface area (Å²) in [6.45, 7) is 14.6. The summed E-state index contributed by atoms with van der Waals surface area (Å²) in [5.41, 5.74) is 4.59. The Morgan fingerprint density at radius 2 is 1.68 bits per heavy atom. The quantitative estimate of drug-likeness (QED) is 0.133. The molecule has 57 heavy (non-hydrogen) atoms. The molecule has 2 aromatic carbocycles. The predicted octanol–water partition coefficient (Wildman–Crippen LogP) is 9.69. The summed E-state index contributed by atoms with van der Waals surface area (Å²) in [5, 5.41) is 0. The smallest absolute Gasteiger partial charge is 0.264 e. The van der Waals surface area contributed by atoms with Crippen LogP contribution < -0.4 is 14.4 Å². The summed E-state index contributed by atoms with van der Waals surface area (Å²) in [7, 11) is -0.634. The van der Waals surface area contributed by atoms with Crippen molar-refractivity contribution in [1.29, 1.82) is 0 Å². The van der Waals surface area contributed by atoms with E-state index in [2.05, 4.69) is 57.3 Å². The highest BCUT2D eigenvalue weighted by Gasteiger charge is 2.38. The molecule has 1 amide bonds. The third kappa shape index (κ3) is 10.5. The molecule has 2 aromatic heterocycles. The molecule has 1 aliphatic heterocycles. The van der Waals surface area contributed by atoms with Crippen molar-refractivity contribution < 1.29 is 19.4 Å². The molecule has 12 heteroatoms. The van der Waals surface area contributed by atoms with Crippen molar-refractivity contribution >= 4 is 27.7 Å². The minimum atomic E-state index is -4.20. The number of carbonyl (C=O) groups excluding carboxylic acids is 1. The third-order valence-electron chi connectivity index (χ3n) is 11.5. The van der Waals surface area contributed by atoms with Crippen LogP contribution in [0.1, 0.15) is 121 Å². The van der Waals surface area contributed by atoms with Gasteiger partial charge in [0.25, 0.3) is 15.9 Å². The Bertz CT molecular complexity index is 2060. The number of hydrogen-bond acceptors (Lipinski definition) is 9. The number of anilines is 2. The number of nitrogens with zero attached hydrogens (tertiary/aromatic N) is 6. The van der Waals surface area contributed by atoms with Crippen LogP contribution in [0.2, 0.25) is 0 Å². The number of likely N-dealkylation sites (tertiary alicyclic amines) is 1. The van der Waals surface area contributed by atoms with Crippen molar-refractivity contribution in [2.24, 2.45) is 11.8 Å². The summed E-state index contributed by atoms with van der Waals surface area (Å²) < 4.78 is 36.0. The number of hydrogen-bond donors (Lipinski definition) is 1. The van der Waals surface area contributed by atoms with Gasteiger partial charge in [0, 0.05) is 56.4 Å². The van der Waals surface area contributed by atoms with E-state index in [1.165, 1.54) is 25.7 Å². The van der Waals surface area contributed by atoms with Gasteiger partial charge in [0.1, 0.15) is 5.82 Å². The molecule has 2 aliphatic rings. The Kier molecular flexibility index (Phi) is 15.1. The van der Waals surface area contributed by atoms with Gasteiger partial charge in [-0.2, -0.15) is 4.98 Å². The van der Waals surface area contributed by atoms with Gasteiger partial charge in [-0.15, -0.1) is 0 Å². The zero-order valence-corrected chi connectivity index (χ0v) is 36.3. The highest BCUT2D eigenvalue weighted by atomic mass is 32.2.